The van der Waals surface area contributed by atoms with Gasteiger partial charge in [0.1, 0.15) is 11.6 Å². The van der Waals surface area contributed by atoms with Crippen molar-refractivity contribution in [3.8, 4) is 5.75 Å². The van der Waals surface area contributed by atoms with E-state index in [0.717, 1.165) is 49.1 Å². The zero-order chi connectivity index (χ0) is 31.8. The lowest BCUT2D eigenvalue weighted by Gasteiger charge is -2.50. The molecule has 1 N–H and O–H groups in total. The van der Waals surface area contributed by atoms with Crippen LogP contribution in [0.1, 0.15) is 62.0 Å². The van der Waals surface area contributed by atoms with Gasteiger partial charge >= 0.3 is 0 Å². The zero-order valence-corrected chi connectivity index (χ0v) is 26.1. The van der Waals surface area contributed by atoms with Gasteiger partial charge in [-0.3, -0.25) is 24.1 Å². The second-order valence-electron chi connectivity index (χ2n) is 12.9. The van der Waals surface area contributed by atoms with Crippen LogP contribution in [-0.4, -0.2) is 49.4 Å². The van der Waals surface area contributed by atoms with E-state index in [9.17, 15) is 28.7 Å². The lowest BCUT2D eigenvalue weighted by Crippen LogP contribution is -2.60. The van der Waals surface area contributed by atoms with Crippen molar-refractivity contribution in [3.05, 3.63) is 83.7 Å². The Morgan fingerprint density at radius 2 is 1.67 bits per heavy atom. The summed E-state index contributed by atoms with van der Waals surface area (Å²) in [5, 5.41) is 11.6. The van der Waals surface area contributed by atoms with Gasteiger partial charge in [0.05, 0.1) is 17.5 Å². The topological polar surface area (TPSA) is 95.0 Å². The van der Waals surface area contributed by atoms with Gasteiger partial charge in [0.15, 0.2) is 9.75 Å². The van der Waals surface area contributed by atoms with Gasteiger partial charge in [-0.1, -0.05) is 55.2 Å². The molecule has 0 radical (unpaired) electrons. The van der Waals surface area contributed by atoms with E-state index >= 15 is 0 Å². The molecule has 45 heavy (non-hydrogen) atoms. The molecule has 2 aromatic rings. The van der Waals surface area contributed by atoms with Gasteiger partial charge in [-0.25, -0.2) is 9.29 Å². The maximum Gasteiger partial charge on any atom is 0.258 e. The average Bonchev–Trinajstić information content (AvgIpc) is 3.37. The Kier molecular flexibility index (Phi) is 7.24. The van der Waals surface area contributed by atoms with Crippen molar-refractivity contribution in [3.63, 3.8) is 0 Å². The molecule has 4 fully saturated rings. The van der Waals surface area contributed by atoms with Gasteiger partial charge in [0.2, 0.25) is 11.8 Å². The highest BCUT2D eigenvalue weighted by atomic mass is 35.5. The smallest absolute Gasteiger partial charge is 0.258 e. The van der Waals surface area contributed by atoms with Crippen molar-refractivity contribution < 1.29 is 28.7 Å². The molecular weight excluding hydrogens is 618 g/mol. The van der Waals surface area contributed by atoms with Crippen LogP contribution >= 0.6 is 23.2 Å². The Hall–Kier alpha value is -3.49. The average molecular weight is 652 g/mol. The molecule has 0 bridgehead atoms. The third-order valence-electron chi connectivity index (χ3n) is 10.7. The number of alkyl halides is 2. The van der Waals surface area contributed by atoms with Gasteiger partial charge in [0, 0.05) is 17.5 Å². The molecule has 4 amide bonds. The summed E-state index contributed by atoms with van der Waals surface area (Å²) >= 11 is 14.8. The number of phenolic OH excluding ortho intramolecular Hbond substituents is 1. The molecule has 2 aliphatic heterocycles. The first kappa shape index (κ1) is 30.2. The number of benzene rings is 2. The van der Waals surface area contributed by atoms with Gasteiger partial charge in [-0.15, -0.1) is 29.8 Å². The minimum atomic E-state index is -2.10. The quantitative estimate of drug-likeness (QED) is 0.238. The molecule has 6 unspecified atom stereocenters. The number of phenols is 1. The Labute approximate surface area is 270 Å². The maximum absolute atomic E-state index is 14.5. The second-order valence-corrected chi connectivity index (χ2v) is 14.2. The van der Waals surface area contributed by atoms with E-state index in [1.165, 1.54) is 17.0 Å². The Bertz CT molecular complexity index is 1670. The molecule has 7 rings (SSSR count). The highest BCUT2D eigenvalue weighted by Gasteiger charge is 2.77. The molecule has 2 aromatic carbocycles. The van der Waals surface area contributed by atoms with Crippen LogP contribution in [0.15, 0.2) is 66.8 Å². The predicted molar refractivity (Wildman–Crippen MR) is 167 cm³/mol. The number of hydrogen-bond donors (Lipinski definition) is 1. The highest BCUT2D eigenvalue weighted by Crippen LogP contribution is 2.66. The molecule has 0 spiro atoms. The molecule has 7 nitrogen and oxygen atoms in total. The van der Waals surface area contributed by atoms with E-state index < -0.39 is 51.1 Å². The number of carbonyl (C=O) groups excluding carboxylic acids is 4. The number of rotatable bonds is 5. The summed E-state index contributed by atoms with van der Waals surface area (Å²) in [5.41, 5.74) is 1.56. The number of fused-ring (bicyclic) bond motifs is 4. The number of halogens is 3. The van der Waals surface area contributed by atoms with Gasteiger partial charge in [-0.05, 0) is 67.9 Å². The van der Waals surface area contributed by atoms with Crippen molar-refractivity contribution in [2.24, 2.45) is 17.8 Å². The van der Waals surface area contributed by atoms with Crippen molar-refractivity contribution >= 4 is 52.5 Å². The van der Waals surface area contributed by atoms with Crippen LogP contribution in [0.5, 0.6) is 5.75 Å². The fourth-order valence-electron chi connectivity index (χ4n) is 8.63. The first-order valence-corrected chi connectivity index (χ1v) is 16.3. The number of likely N-dealkylation sites (tertiary alicyclic amines) is 1. The lowest BCUT2D eigenvalue weighted by molar-refractivity contribution is -0.143. The van der Waals surface area contributed by atoms with Crippen molar-refractivity contribution in [1.82, 2.24) is 4.90 Å². The first-order chi connectivity index (χ1) is 21.5. The van der Waals surface area contributed by atoms with Crippen LogP contribution < -0.4 is 4.90 Å². The number of para-hydroxylation sites is 1. The third-order valence-corrected chi connectivity index (χ3v) is 12.1. The molecule has 2 heterocycles. The molecular formula is C35H33Cl2FN2O5. The number of imide groups is 2. The van der Waals surface area contributed by atoms with Crippen LogP contribution in [0, 0.1) is 23.6 Å². The molecule has 10 heteroatoms. The molecule has 5 aliphatic rings. The third kappa shape index (κ3) is 4.14. The lowest BCUT2D eigenvalue weighted by atomic mass is 9.56. The summed E-state index contributed by atoms with van der Waals surface area (Å²) in [6.07, 6.45) is 8.42. The number of hydrogen-bond acceptors (Lipinski definition) is 5. The number of aromatic hydroxyl groups is 1. The molecule has 2 saturated heterocycles. The Morgan fingerprint density at radius 1 is 0.956 bits per heavy atom. The van der Waals surface area contributed by atoms with E-state index in [-0.39, 0.29) is 42.1 Å². The minimum absolute atomic E-state index is 0.106. The predicted octanol–water partition coefficient (Wildman–Crippen LogP) is 6.16. The van der Waals surface area contributed by atoms with E-state index in [4.69, 9.17) is 23.2 Å². The summed E-state index contributed by atoms with van der Waals surface area (Å²) in [5.74, 6) is -5.89. The summed E-state index contributed by atoms with van der Waals surface area (Å²) in [4.78, 5) is 55.1. The van der Waals surface area contributed by atoms with Crippen LogP contribution in [0.2, 0.25) is 0 Å². The number of amides is 4. The SMILES string of the molecule is C=CCc1cccc(C2C3=CCC4C(=O)N(C5CCCCC5)C(=O)C4C3CC3(Cl)C(=O)N(c4ccc(F)cc4)C(=O)C23Cl)c1O. The van der Waals surface area contributed by atoms with E-state index in [1.54, 1.807) is 24.3 Å². The van der Waals surface area contributed by atoms with E-state index in [2.05, 4.69) is 6.58 Å². The van der Waals surface area contributed by atoms with Crippen molar-refractivity contribution in [1.29, 1.82) is 0 Å². The number of nitrogens with zero attached hydrogens (tertiary/aromatic N) is 2. The van der Waals surface area contributed by atoms with Crippen molar-refractivity contribution in [2.45, 2.75) is 73.1 Å². The molecule has 6 atom stereocenters. The fraction of sp³-hybridized carbons (Fsp3) is 0.429. The monoisotopic (exact) mass is 650 g/mol. The van der Waals surface area contributed by atoms with Gasteiger partial charge in [-0.2, -0.15) is 0 Å². The van der Waals surface area contributed by atoms with Crippen LogP contribution in [0.25, 0.3) is 0 Å². The van der Waals surface area contributed by atoms with Crippen LogP contribution in [-0.2, 0) is 25.6 Å². The number of anilines is 1. The Morgan fingerprint density at radius 3 is 2.36 bits per heavy atom. The summed E-state index contributed by atoms with van der Waals surface area (Å²) in [6.45, 7) is 3.78. The molecule has 3 aliphatic carbocycles. The van der Waals surface area contributed by atoms with Gasteiger partial charge < -0.3 is 5.11 Å². The van der Waals surface area contributed by atoms with Crippen LogP contribution in [0.4, 0.5) is 10.1 Å². The number of carbonyl (C=O) groups is 4. The standard InChI is InChI=1S/C35H33Cl2FN2O5/c1-2-7-19-8-6-11-25(29(19)41)28-23-16-17-24-27(31(43)39(30(24)42)21-9-4-3-5-10-21)26(23)18-34(36)32(44)40(33(45)35(28,34)37)22-14-12-20(38)13-15-22/h2,6,8,11-16,21,24,26-28,41H,1,3-5,7,9-10,17-18H2. The molecule has 2 saturated carbocycles. The summed E-state index contributed by atoms with van der Waals surface area (Å²) in [7, 11) is 0. The molecule has 0 aromatic heterocycles. The van der Waals surface area contributed by atoms with E-state index in [1.807, 2.05) is 6.08 Å². The zero-order valence-electron chi connectivity index (χ0n) is 24.6. The minimum Gasteiger partial charge on any atom is -0.507 e. The second kappa shape index (κ2) is 10.8. The van der Waals surface area contributed by atoms with Crippen molar-refractivity contribution in [2.75, 3.05) is 4.90 Å². The highest BCUT2D eigenvalue weighted by molar-refractivity contribution is 6.58. The van der Waals surface area contributed by atoms with Gasteiger partial charge in [0.25, 0.3) is 11.8 Å². The summed E-state index contributed by atoms with van der Waals surface area (Å²) < 4.78 is 13.9. The Balaban J connectivity index is 1.40. The van der Waals surface area contributed by atoms with Crippen LogP contribution in [0.3, 0.4) is 0 Å². The molecule has 234 valence electrons. The first-order valence-electron chi connectivity index (χ1n) is 15.6. The maximum atomic E-state index is 14.5. The summed E-state index contributed by atoms with van der Waals surface area (Å²) in [6, 6.07) is 9.84. The number of allylic oxidation sites excluding steroid dienone is 3. The largest absolute Gasteiger partial charge is 0.507 e. The van der Waals surface area contributed by atoms with E-state index in [0.29, 0.717) is 23.1 Å². The fourth-order valence-corrected chi connectivity index (χ4v) is 9.56. The normalized spacial score (nSPS) is 33.2.